The Morgan fingerprint density at radius 1 is 1.24 bits per heavy atom. The van der Waals surface area contributed by atoms with E-state index in [-0.39, 0.29) is 5.56 Å². The highest BCUT2D eigenvalue weighted by Crippen LogP contribution is 2.31. The van der Waals surface area contributed by atoms with Gasteiger partial charge in [0.25, 0.3) is 5.91 Å². The molecule has 4 rings (SSSR count). The Balaban J connectivity index is 1.83. The van der Waals surface area contributed by atoms with Crippen LogP contribution in [0.4, 0.5) is 0 Å². The Morgan fingerprint density at radius 3 is 2.76 bits per heavy atom. The van der Waals surface area contributed by atoms with E-state index in [0.29, 0.717) is 52.2 Å². The molecule has 0 aliphatic rings. The lowest BCUT2D eigenvalue weighted by atomic mass is 10.1. The molecule has 4 aromatic rings. The van der Waals surface area contributed by atoms with Crippen LogP contribution in [0.1, 0.15) is 33.4 Å². The Labute approximate surface area is 204 Å². The number of aryl methyl sites for hydroxylation is 1. The number of amides is 1. The Kier molecular flexibility index (Phi) is 7.26. The van der Waals surface area contributed by atoms with Crippen LogP contribution in [0.5, 0.6) is 0 Å². The van der Waals surface area contributed by atoms with Crippen molar-refractivity contribution >= 4 is 45.0 Å². The summed E-state index contributed by atoms with van der Waals surface area (Å²) >= 11 is 7.62. The van der Waals surface area contributed by atoms with E-state index in [9.17, 15) is 9.59 Å². The molecule has 0 saturated carbocycles. The second-order valence-corrected chi connectivity index (χ2v) is 8.68. The molecule has 0 fully saturated rings. The van der Waals surface area contributed by atoms with Crippen molar-refractivity contribution in [1.82, 2.24) is 9.72 Å². The van der Waals surface area contributed by atoms with Crippen molar-refractivity contribution in [3.05, 3.63) is 69.2 Å². The quantitative estimate of drug-likeness (QED) is 0.265. The predicted octanol–water partition coefficient (Wildman–Crippen LogP) is 4.88. The number of carbonyl (C=O) groups is 2. The summed E-state index contributed by atoms with van der Waals surface area (Å²) in [5.74, 6) is -0.590. The molecule has 2 heterocycles. The van der Waals surface area contributed by atoms with E-state index in [1.54, 1.807) is 37.3 Å². The number of hydrogen-bond donors (Lipinski definition) is 0. The van der Waals surface area contributed by atoms with E-state index in [2.05, 4.69) is 10.1 Å². The third-order valence-corrected chi connectivity index (χ3v) is 6.54. The summed E-state index contributed by atoms with van der Waals surface area (Å²) in [7, 11) is 1.33. The number of nitrogens with zero attached hydrogens (tertiary/aromatic N) is 3. The second kappa shape index (κ2) is 10.3. The van der Waals surface area contributed by atoms with Crippen LogP contribution in [0.25, 0.3) is 21.5 Å². The molecule has 0 N–H and O–H groups in total. The number of esters is 1. The van der Waals surface area contributed by atoms with Crippen LogP contribution in [-0.4, -0.2) is 41.9 Å². The lowest BCUT2D eigenvalue weighted by molar-refractivity contribution is 0.0600. The summed E-state index contributed by atoms with van der Waals surface area (Å²) in [5.41, 5.74) is 2.42. The summed E-state index contributed by atoms with van der Waals surface area (Å²) in [6, 6.07) is 12.3. The van der Waals surface area contributed by atoms with Gasteiger partial charge in [-0.05, 0) is 38.1 Å². The van der Waals surface area contributed by atoms with E-state index >= 15 is 0 Å². The average Bonchev–Trinajstić information content (AvgIpc) is 3.38. The molecule has 8 nitrogen and oxygen atoms in total. The number of carbonyl (C=O) groups excluding carboxylic acids is 2. The van der Waals surface area contributed by atoms with E-state index in [4.69, 9.17) is 25.6 Å². The monoisotopic (exact) mass is 499 g/mol. The summed E-state index contributed by atoms with van der Waals surface area (Å²) in [5, 5.41) is 4.51. The molecule has 1 amide bonds. The van der Waals surface area contributed by atoms with Gasteiger partial charge in [0.1, 0.15) is 17.0 Å². The molecule has 0 bridgehead atoms. The highest BCUT2D eigenvalue weighted by Gasteiger charge is 2.23. The molecule has 0 atom stereocenters. The van der Waals surface area contributed by atoms with Crippen molar-refractivity contribution in [1.29, 1.82) is 0 Å². The van der Waals surface area contributed by atoms with Crippen LogP contribution < -0.4 is 4.80 Å². The Morgan fingerprint density at radius 2 is 2.03 bits per heavy atom. The van der Waals surface area contributed by atoms with Crippen LogP contribution in [0.2, 0.25) is 5.02 Å². The van der Waals surface area contributed by atoms with Crippen molar-refractivity contribution in [2.75, 3.05) is 20.3 Å². The first-order valence-corrected chi connectivity index (χ1v) is 11.7. The smallest absolute Gasteiger partial charge is 0.337 e. The van der Waals surface area contributed by atoms with Crippen LogP contribution in [0, 0.1) is 6.92 Å². The summed E-state index contributed by atoms with van der Waals surface area (Å²) in [6.45, 7) is 5.07. The fourth-order valence-corrected chi connectivity index (χ4v) is 4.84. The summed E-state index contributed by atoms with van der Waals surface area (Å²) < 4.78 is 18.4. The zero-order valence-electron chi connectivity index (χ0n) is 18.8. The van der Waals surface area contributed by atoms with Gasteiger partial charge >= 0.3 is 5.97 Å². The number of rotatable bonds is 7. The van der Waals surface area contributed by atoms with Gasteiger partial charge in [-0.2, -0.15) is 4.99 Å². The normalized spacial score (nSPS) is 11.8. The standard InChI is InChI=1S/C24H22ClN3O5S/c1-4-32-12-11-28-18-10-9-15(23(30)31-3)13-19(18)34-24(28)26-22(29)20-14(2)33-27-21(20)16-7-5-6-8-17(16)25/h5-10,13H,4,11-12H2,1-3H3. The fourth-order valence-electron chi connectivity index (χ4n) is 3.52. The number of ether oxygens (including phenoxy) is 2. The first-order chi connectivity index (χ1) is 16.4. The second-order valence-electron chi connectivity index (χ2n) is 7.27. The molecule has 0 unspecified atom stereocenters. The SMILES string of the molecule is CCOCCn1c(=NC(=O)c2c(-c3ccccc3Cl)noc2C)sc2cc(C(=O)OC)ccc21. The molecular formula is C24H22ClN3O5S. The number of halogens is 1. The lowest BCUT2D eigenvalue weighted by Crippen LogP contribution is -2.20. The highest BCUT2D eigenvalue weighted by molar-refractivity contribution is 7.16. The van der Waals surface area contributed by atoms with Gasteiger partial charge in [0.15, 0.2) is 4.80 Å². The number of methoxy groups -OCH3 is 1. The maximum atomic E-state index is 13.4. The molecule has 2 aromatic heterocycles. The van der Waals surface area contributed by atoms with Gasteiger partial charge in [0, 0.05) is 18.7 Å². The molecule has 10 heteroatoms. The van der Waals surface area contributed by atoms with Crippen molar-refractivity contribution in [3.8, 4) is 11.3 Å². The fraction of sp³-hybridized carbons (Fsp3) is 0.250. The minimum Gasteiger partial charge on any atom is -0.465 e. The Hall–Kier alpha value is -3.27. The lowest BCUT2D eigenvalue weighted by Gasteiger charge is -2.06. The van der Waals surface area contributed by atoms with Gasteiger partial charge in [-0.1, -0.05) is 46.3 Å². The van der Waals surface area contributed by atoms with Crippen LogP contribution in [0.3, 0.4) is 0 Å². The zero-order valence-corrected chi connectivity index (χ0v) is 20.4. The van der Waals surface area contributed by atoms with Crippen LogP contribution >= 0.6 is 22.9 Å². The van der Waals surface area contributed by atoms with Gasteiger partial charge < -0.3 is 18.6 Å². The predicted molar refractivity (Wildman–Crippen MR) is 129 cm³/mol. The van der Waals surface area contributed by atoms with E-state index in [1.165, 1.54) is 18.4 Å². The molecule has 0 aliphatic carbocycles. The molecule has 176 valence electrons. The molecule has 0 radical (unpaired) electrons. The third-order valence-electron chi connectivity index (χ3n) is 5.17. The molecule has 0 saturated heterocycles. The topological polar surface area (TPSA) is 95.9 Å². The molecule has 2 aromatic carbocycles. The largest absolute Gasteiger partial charge is 0.465 e. The van der Waals surface area contributed by atoms with Crippen LogP contribution in [0.15, 0.2) is 52.0 Å². The highest BCUT2D eigenvalue weighted by atomic mass is 35.5. The van der Waals surface area contributed by atoms with Crippen molar-refractivity contribution in [2.45, 2.75) is 20.4 Å². The minimum atomic E-state index is -0.501. The minimum absolute atomic E-state index is 0.247. The maximum Gasteiger partial charge on any atom is 0.337 e. The Bertz CT molecular complexity index is 1440. The third kappa shape index (κ3) is 4.68. The summed E-state index contributed by atoms with van der Waals surface area (Å²) in [6.07, 6.45) is 0. The number of aromatic nitrogens is 2. The van der Waals surface area contributed by atoms with E-state index in [1.807, 2.05) is 23.6 Å². The summed E-state index contributed by atoms with van der Waals surface area (Å²) in [4.78, 5) is 30.2. The molecular weight excluding hydrogens is 478 g/mol. The number of thiazole rings is 1. The van der Waals surface area contributed by atoms with Gasteiger partial charge in [-0.15, -0.1) is 0 Å². The van der Waals surface area contributed by atoms with Gasteiger partial charge in [-0.3, -0.25) is 4.79 Å². The average molecular weight is 500 g/mol. The molecule has 34 heavy (non-hydrogen) atoms. The van der Waals surface area contributed by atoms with Crippen molar-refractivity contribution in [2.24, 2.45) is 4.99 Å². The van der Waals surface area contributed by atoms with Gasteiger partial charge in [0.05, 0.1) is 34.5 Å². The van der Waals surface area contributed by atoms with E-state index < -0.39 is 11.9 Å². The number of benzene rings is 2. The van der Waals surface area contributed by atoms with Crippen LogP contribution in [-0.2, 0) is 16.0 Å². The molecule has 0 aliphatic heterocycles. The molecule has 0 spiro atoms. The number of fused-ring (bicyclic) bond motifs is 1. The van der Waals surface area contributed by atoms with Crippen molar-refractivity contribution < 1.29 is 23.6 Å². The zero-order chi connectivity index (χ0) is 24.2. The van der Waals surface area contributed by atoms with Gasteiger partial charge in [-0.25, -0.2) is 4.79 Å². The number of hydrogen-bond acceptors (Lipinski definition) is 7. The van der Waals surface area contributed by atoms with E-state index in [0.717, 1.165) is 10.2 Å². The first-order valence-electron chi connectivity index (χ1n) is 10.5. The van der Waals surface area contributed by atoms with Crippen molar-refractivity contribution in [3.63, 3.8) is 0 Å². The van der Waals surface area contributed by atoms with Gasteiger partial charge in [0.2, 0.25) is 0 Å². The first kappa shape index (κ1) is 23.9. The maximum absolute atomic E-state index is 13.4.